The Labute approximate surface area is 177 Å². The molecule has 146 valence electrons. The lowest BCUT2D eigenvalue weighted by Gasteiger charge is -2.33. The van der Waals surface area contributed by atoms with Crippen LogP contribution in [0.2, 0.25) is 20.1 Å². The number of anilines is 1. The molecule has 1 aromatic carbocycles. The van der Waals surface area contributed by atoms with Crippen LogP contribution in [0.25, 0.3) is 0 Å². The van der Waals surface area contributed by atoms with Crippen molar-refractivity contribution in [3.8, 4) is 0 Å². The molecule has 2 aromatic rings. The summed E-state index contributed by atoms with van der Waals surface area (Å²) in [6.07, 6.45) is 0. The Morgan fingerprint density at radius 2 is 1.67 bits per heavy atom. The number of hydrogen-bond acceptors (Lipinski definition) is 5. The topological polar surface area (TPSA) is 61.6 Å². The van der Waals surface area contributed by atoms with E-state index in [0.717, 1.165) is 44.2 Å². The van der Waals surface area contributed by atoms with Crippen LogP contribution in [0.15, 0.2) is 16.7 Å². The number of piperazine rings is 1. The Bertz CT molecular complexity index is 808. The third kappa shape index (κ3) is 5.28. The van der Waals surface area contributed by atoms with Crippen LogP contribution in [-0.2, 0) is 11.3 Å². The summed E-state index contributed by atoms with van der Waals surface area (Å²) >= 11 is 24.3. The maximum absolute atomic E-state index is 12.4. The second kappa shape index (κ2) is 8.99. The molecule has 27 heavy (non-hydrogen) atoms. The zero-order valence-electron chi connectivity index (χ0n) is 14.6. The van der Waals surface area contributed by atoms with E-state index >= 15 is 0 Å². The van der Waals surface area contributed by atoms with Crippen molar-refractivity contribution < 1.29 is 9.32 Å². The number of halogens is 4. The highest BCUT2D eigenvalue weighted by Crippen LogP contribution is 2.40. The highest BCUT2D eigenvalue weighted by Gasteiger charge is 2.22. The highest BCUT2D eigenvalue weighted by atomic mass is 35.5. The molecular formula is C17H18Cl4N4O2. The minimum atomic E-state index is -0.224. The molecule has 0 saturated carbocycles. The number of carbonyl (C=O) groups excluding carboxylic acids is 1. The van der Waals surface area contributed by atoms with Crippen LogP contribution in [-0.4, -0.2) is 53.6 Å². The van der Waals surface area contributed by atoms with Crippen LogP contribution in [0.5, 0.6) is 0 Å². The van der Waals surface area contributed by atoms with Gasteiger partial charge in [-0.25, -0.2) is 0 Å². The molecule has 3 rings (SSSR count). The van der Waals surface area contributed by atoms with Gasteiger partial charge in [-0.3, -0.25) is 14.6 Å². The molecule has 10 heteroatoms. The number of amides is 1. The van der Waals surface area contributed by atoms with Gasteiger partial charge in [-0.15, -0.1) is 0 Å². The second-order valence-electron chi connectivity index (χ2n) is 6.37. The van der Waals surface area contributed by atoms with Crippen LogP contribution in [0, 0.1) is 6.92 Å². The lowest BCUT2D eigenvalue weighted by molar-refractivity contribution is -0.117. The normalized spacial score (nSPS) is 15.9. The fraction of sp³-hybridized carbons (Fsp3) is 0.412. The quantitative estimate of drug-likeness (QED) is 0.684. The van der Waals surface area contributed by atoms with Crippen molar-refractivity contribution in [1.82, 2.24) is 15.0 Å². The maximum atomic E-state index is 12.4. The number of aryl methyl sites for hydroxylation is 1. The predicted molar refractivity (Wildman–Crippen MR) is 108 cm³/mol. The van der Waals surface area contributed by atoms with E-state index in [1.807, 2.05) is 13.0 Å². The predicted octanol–water partition coefficient (Wildman–Crippen LogP) is 4.35. The van der Waals surface area contributed by atoms with E-state index in [9.17, 15) is 4.79 Å². The number of nitrogens with zero attached hydrogens (tertiary/aromatic N) is 3. The molecule has 1 saturated heterocycles. The van der Waals surface area contributed by atoms with E-state index in [4.69, 9.17) is 50.9 Å². The van der Waals surface area contributed by atoms with Gasteiger partial charge >= 0.3 is 0 Å². The number of aromatic nitrogens is 1. The molecule has 1 fully saturated rings. The molecule has 6 nitrogen and oxygen atoms in total. The molecule has 1 amide bonds. The standard InChI is InChI=1S/C17H18Cl4N4O2/c1-10-6-11(23-27-10)8-24-2-4-25(5-3-24)9-14(26)22-17-15(20)12(18)7-13(19)16(17)21/h6-7H,2-5,8-9H2,1H3,(H,22,26). The Hall–Kier alpha value is -1.02. The van der Waals surface area contributed by atoms with Crippen LogP contribution in [0.3, 0.4) is 0 Å². The third-order valence-electron chi connectivity index (χ3n) is 4.27. The van der Waals surface area contributed by atoms with Crippen LogP contribution < -0.4 is 5.32 Å². The van der Waals surface area contributed by atoms with Gasteiger partial charge in [-0.05, 0) is 13.0 Å². The molecule has 0 aliphatic carbocycles. The van der Waals surface area contributed by atoms with Crippen molar-refractivity contribution in [2.24, 2.45) is 0 Å². The summed E-state index contributed by atoms with van der Waals surface area (Å²) in [4.78, 5) is 16.7. The molecule has 1 aromatic heterocycles. The van der Waals surface area contributed by atoms with Crippen molar-refractivity contribution in [2.75, 3.05) is 38.0 Å². The average molecular weight is 452 g/mol. The molecule has 0 unspecified atom stereocenters. The van der Waals surface area contributed by atoms with E-state index in [1.165, 1.54) is 6.07 Å². The SMILES string of the molecule is Cc1cc(CN2CCN(CC(=O)Nc3c(Cl)c(Cl)cc(Cl)c3Cl)CC2)no1. The molecule has 0 bridgehead atoms. The Morgan fingerprint density at radius 3 is 2.22 bits per heavy atom. The molecule has 0 radical (unpaired) electrons. The van der Waals surface area contributed by atoms with E-state index in [1.54, 1.807) is 0 Å². The first kappa shape index (κ1) is 20.7. The van der Waals surface area contributed by atoms with Crippen LogP contribution in [0.4, 0.5) is 5.69 Å². The van der Waals surface area contributed by atoms with E-state index in [0.29, 0.717) is 0 Å². The molecule has 0 spiro atoms. The molecule has 0 atom stereocenters. The number of rotatable bonds is 5. The van der Waals surface area contributed by atoms with Gasteiger partial charge in [-0.2, -0.15) is 0 Å². The van der Waals surface area contributed by atoms with Crippen molar-refractivity contribution in [3.05, 3.63) is 43.7 Å². The molecule has 2 heterocycles. The lowest BCUT2D eigenvalue weighted by atomic mass is 10.2. The molecule has 1 aliphatic rings. The van der Waals surface area contributed by atoms with Crippen LogP contribution in [0.1, 0.15) is 11.5 Å². The van der Waals surface area contributed by atoms with Gasteiger partial charge in [0.15, 0.2) is 0 Å². The smallest absolute Gasteiger partial charge is 0.238 e. The summed E-state index contributed by atoms with van der Waals surface area (Å²) in [6.45, 7) is 6.05. The fourth-order valence-corrected chi connectivity index (χ4v) is 3.80. The van der Waals surface area contributed by atoms with Gasteiger partial charge in [0.2, 0.25) is 5.91 Å². The number of benzene rings is 1. The largest absolute Gasteiger partial charge is 0.361 e. The maximum Gasteiger partial charge on any atom is 0.238 e. The van der Waals surface area contributed by atoms with Gasteiger partial charge in [0, 0.05) is 38.8 Å². The Kier molecular flexibility index (Phi) is 6.89. The highest BCUT2D eigenvalue weighted by molar-refractivity contribution is 6.50. The number of nitrogens with one attached hydrogen (secondary N) is 1. The molecular weight excluding hydrogens is 434 g/mol. The lowest BCUT2D eigenvalue weighted by Crippen LogP contribution is -2.48. The van der Waals surface area contributed by atoms with Crippen molar-refractivity contribution >= 4 is 58.0 Å². The number of carbonyl (C=O) groups is 1. The Morgan fingerprint density at radius 1 is 1.07 bits per heavy atom. The minimum absolute atomic E-state index is 0.173. The van der Waals surface area contributed by atoms with Gasteiger partial charge in [0.05, 0.1) is 38.0 Å². The summed E-state index contributed by atoms with van der Waals surface area (Å²) in [5.41, 5.74) is 1.15. The zero-order valence-corrected chi connectivity index (χ0v) is 17.6. The van der Waals surface area contributed by atoms with Crippen LogP contribution >= 0.6 is 46.4 Å². The molecule has 1 aliphatic heterocycles. The summed E-state index contributed by atoms with van der Waals surface area (Å²) < 4.78 is 5.09. The van der Waals surface area contributed by atoms with Crippen molar-refractivity contribution in [1.29, 1.82) is 0 Å². The summed E-state index contributed by atoms with van der Waals surface area (Å²) in [5, 5.41) is 7.54. The van der Waals surface area contributed by atoms with Gasteiger partial charge < -0.3 is 9.84 Å². The van der Waals surface area contributed by atoms with E-state index in [-0.39, 0.29) is 38.2 Å². The fourth-order valence-electron chi connectivity index (χ4n) is 2.89. The summed E-state index contributed by atoms with van der Waals surface area (Å²) in [7, 11) is 0. The van der Waals surface area contributed by atoms with Crippen molar-refractivity contribution in [2.45, 2.75) is 13.5 Å². The second-order valence-corrected chi connectivity index (χ2v) is 7.94. The summed E-state index contributed by atoms with van der Waals surface area (Å²) in [6, 6.07) is 3.38. The zero-order chi connectivity index (χ0) is 19.6. The minimum Gasteiger partial charge on any atom is -0.361 e. The third-order valence-corrected chi connectivity index (χ3v) is 5.85. The van der Waals surface area contributed by atoms with Gasteiger partial charge in [0.25, 0.3) is 0 Å². The first-order chi connectivity index (χ1) is 12.8. The monoisotopic (exact) mass is 450 g/mol. The van der Waals surface area contributed by atoms with Gasteiger partial charge in [0.1, 0.15) is 5.76 Å². The van der Waals surface area contributed by atoms with Crippen molar-refractivity contribution in [3.63, 3.8) is 0 Å². The first-order valence-corrected chi connectivity index (χ1v) is 9.84. The number of hydrogen-bond donors (Lipinski definition) is 1. The molecule has 1 N–H and O–H groups in total. The average Bonchev–Trinajstić information content (AvgIpc) is 3.03. The van der Waals surface area contributed by atoms with Gasteiger partial charge in [-0.1, -0.05) is 51.6 Å². The first-order valence-electron chi connectivity index (χ1n) is 8.33. The Balaban J connectivity index is 1.51. The van der Waals surface area contributed by atoms with E-state index < -0.39 is 0 Å². The summed E-state index contributed by atoms with van der Waals surface area (Å²) in [5.74, 6) is 0.580. The van der Waals surface area contributed by atoms with E-state index in [2.05, 4.69) is 20.3 Å².